The molecule has 170 valence electrons. The standard InChI is InChI=1S/C25H16Cl3N3O2S/c26-16-7-5-8-17(13-16)30-23(32)19(14-29)25-31(18-9-2-1-3-10-18)24(33)21(34-25)12-15-6-4-11-20(27)22(15)28/h1-11,13,21H,12H2,(H,30,32)/b25-19+/t21-/m0/s1. The molecular weight excluding hydrogens is 513 g/mol. The van der Waals surface area contributed by atoms with Crippen molar-refractivity contribution in [1.29, 1.82) is 5.26 Å². The number of thioether (sulfide) groups is 1. The Morgan fingerprint density at radius 1 is 1.03 bits per heavy atom. The normalized spacial score (nSPS) is 16.8. The van der Waals surface area contributed by atoms with Crippen molar-refractivity contribution in [2.75, 3.05) is 10.2 Å². The van der Waals surface area contributed by atoms with Gasteiger partial charge in [-0.3, -0.25) is 14.5 Å². The van der Waals surface area contributed by atoms with E-state index >= 15 is 0 Å². The number of carbonyl (C=O) groups is 2. The summed E-state index contributed by atoms with van der Waals surface area (Å²) in [4.78, 5) is 28.0. The van der Waals surface area contributed by atoms with Crippen LogP contribution in [0.5, 0.6) is 0 Å². The zero-order chi connectivity index (χ0) is 24.2. The zero-order valence-corrected chi connectivity index (χ0v) is 20.6. The Labute approximate surface area is 215 Å². The highest BCUT2D eigenvalue weighted by Gasteiger charge is 2.41. The van der Waals surface area contributed by atoms with Crippen molar-refractivity contribution in [3.05, 3.63) is 104 Å². The SMILES string of the molecule is N#C/C(C(=O)Nc1cccc(Cl)c1)=C1\S[C@@H](Cc2cccc(Cl)c2Cl)C(=O)N1c1ccccc1. The summed E-state index contributed by atoms with van der Waals surface area (Å²) in [5.74, 6) is -0.895. The Morgan fingerprint density at radius 2 is 1.76 bits per heavy atom. The molecule has 0 spiro atoms. The van der Waals surface area contributed by atoms with E-state index in [1.54, 1.807) is 66.7 Å². The summed E-state index contributed by atoms with van der Waals surface area (Å²) in [6.45, 7) is 0. The molecule has 1 fully saturated rings. The van der Waals surface area contributed by atoms with Gasteiger partial charge in [-0.15, -0.1) is 0 Å². The van der Waals surface area contributed by atoms with Gasteiger partial charge in [-0.05, 0) is 48.4 Å². The summed E-state index contributed by atoms with van der Waals surface area (Å²) >= 11 is 19.6. The van der Waals surface area contributed by atoms with Crippen LogP contribution in [-0.2, 0) is 16.0 Å². The molecule has 1 heterocycles. The smallest absolute Gasteiger partial charge is 0.269 e. The van der Waals surface area contributed by atoms with Gasteiger partial charge in [-0.25, -0.2) is 0 Å². The summed E-state index contributed by atoms with van der Waals surface area (Å²) in [6, 6.07) is 22.7. The van der Waals surface area contributed by atoms with Crippen molar-refractivity contribution >= 4 is 69.8 Å². The van der Waals surface area contributed by atoms with Gasteiger partial charge in [0.15, 0.2) is 0 Å². The largest absolute Gasteiger partial charge is 0.321 e. The van der Waals surface area contributed by atoms with Crippen molar-refractivity contribution in [2.24, 2.45) is 0 Å². The lowest BCUT2D eigenvalue weighted by molar-refractivity contribution is -0.117. The molecule has 9 heteroatoms. The molecule has 1 atom stereocenters. The van der Waals surface area contributed by atoms with Crippen molar-refractivity contribution < 1.29 is 9.59 Å². The van der Waals surface area contributed by atoms with Gasteiger partial charge in [-0.2, -0.15) is 5.26 Å². The first kappa shape index (κ1) is 24.2. The van der Waals surface area contributed by atoms with E-state index in [1.807, 2.05) is 12.1 Å². The van der Waals surface area contributed by atoms with Crippen LogP contribution in [0.25, 0.3) is 0 Å². The van der Waals surface area contributed by atoms with E-state index < -0.39 is 11.2 Å². The number of nitrogens with zero attached hydrogens (tertiary/aromatic N) is 2. The van der Waals surface area contributed by atoms with Gasteiger partial charge < -0.3 is 5.32 Å². The molecule has 3 aromatic rings. The molecule has 0 saturated carbocycles. The van der Waals surface area contributed by atoms with E-state index in [9.17, 15) is 14.9 Å². The predicted octanol–water partition coefficient (Wildman–Crippen LogP) is 6.71. The lowest BCUT2D eigenvalue weighted by Crippen LogP contribution is -2.30. The van der Waals surface area contributed by atoms with Crippen LogP contribution in [0.2, 0.25) is 15.1 Å². The van der Waals surface area contributed by atoms with Crippen molar-refractivity contribution in [1.82, 2.24) is 0 Å². The first-order chi connectivity index (χ1) is 16.4. The summed E-state index contributed by atoms with van der Waals surface area (Å²) in [5.41, 5.74) is 1.52. The second-order valence-corrected chi connectivity index (χ2v) is 9.70. The Hall–Kier alpha value is -2.95. The number of halogens is 3. The van der Waals surface area contributed by atoms with Crippen LogP contribution < -0.4 is 10.2 Å². The van der Waals surface area contributed by atoms with E-state index in [2.05, 4.69) is 5.32 Å². The predicted molar refractivity (Wildman–Crippen MR) is 138 cm³/mol. The zero-order valence-electron chi connectivity index (χ0n) is 17.5. The lowest BCUT2D eigenvalue weighted by atomic mass is 10.1. The molecule has 1 saturated heterocycles. The Kier molecular flexibility index (Phi) is 7.50. The third-order valence-corrected chi connectivity index (χ3v) is 7.40. The number of rotatable bonds is 5. The summed E-state index contributed by atoms with van der Waals surface area (Å²) in [7, 11) is 0. The number of anilines is 2. The molecule has 0 aliphatic carbocycles. The second kappa shape index (κ2) is 10.5. The van der Waals surface area contributed by atoms with Gasteiger partial charge in [0.25, 0.3) is 5.91 Å². The van der Waals surface area contributed by atoms with Crippen molar-refractivity contribution in [3.63, 3.8) is 0 Å². The van der Waals surface area contributed by atoms with Crippen LogP contribution in [0.15, 0.2) is 83.4 Å². The molecule has 0 radical (unpaired) electrons. The number of benzene rings is 3. The number of amides is 2. The van der Waals surface area contributed by atoms with Gasteiger partial charge in [0, 0.05) is 16.4 Å². The molecule has 0 unspecified atom stereocenters. The summed E-state index contributed by atoms with van der Waals surface area (Å²) < 4.78 is 0. The molecule has 2 amide bonds. The Balaban J connectivity index is 1.73. The monoisotopic (exact) mass is 527 g/mol. The van der Waals surface area contributed by atoms with E-state index in [0.717, 1.165) is 11.8 Å². The van der Waals surface area contributed by atoms with Gasteiger partial charge >= 0.3 is 0 Å². The van der Waals surface area contributed by atoms with Crippen LogP contribution in [0, 0.1) is 11.3 Å². The Morgan fingerprint density at radius 3 is 2.47 bits per heavy atom. The number of nitrogens with one attached hydrogen (secondary N) is 1. The highest BCUT2D eigenvalue weighted by molar-refractivity contribution is 8.05. The van der Waals surface area contributed by atoms with Gasteiger partial charge in [0.2, 0.25) is 5.91 Å². The Bertz CT molecular complexity index is 1340. The van der Waals surface area contributed by atoms with Crippen molar-refractivity contribution in [3.8, 4) is 6.07 Å². The van der Waals surface area contributed by atoms with Gasteiger partial charge in [0.1, 0.15) is 16.7 Å². The fourth-order valence-electron chi connectivity index (χ4n) is 3.46. The lowest BCUT2D eigenvalue weighted by Gasteiger charge is -2.18. The highest BCUT2D eigenvalue weighted by atomic mass is 35.5. The van der Waals surface area contributed by atoms with E-state index in [1.165, 1.54) is 4.90 Å². The van der Waals surface area contributed by atoms with E-state index in [-0.39, 0.29) is 22.9 Å². The van der Waals surface area contributed by atoms with E-state index in [0.29, 0.717) is 32.0 Å². The first-order valence-electron chi connectivity index (χ1n) is 10.1. The molecule has 1 aliphatic rings. The molecule has 1 aliphatic heterocycles. The fourth-order valence-corrected chi connectivity index (χ4v) is 5.35. The molecule has 0 bridgehead atoms. The third kappa shape index (κ3) is 5.08. The fraction of sp³-hybridized carbons (Fsp3) is 0.0800. The minimum atomic E-state index is -0.637. The van der Waals surface area contributed by atoms with Crippen LogP contribution in [0.4, 0.5) is 11.4 Å². The van der Waals surface area contributed by atoms with Crippen LogP contribution >= 0.6 is 46.6 Å². The number of nitriles is 1. The van der Waals surface area contributed by atoms with Crippen LogP contribution in [0.3, 0.4) is 0 Å². The topological polar surface area (TPSA) is 73.2 Å². The summed E-state index contributed by atoms with van der Waals surface area (Å²) in [5, 5.41) is 13.5. The van der Waals surface area contributed by atoms with Crippen molar-refractivity contribution in [2.45, 2.75) is 11.7 Å². The quantitative estimate of drug-likeness (QED) is 0.295. The number of para-hydroxylation sites is 1. The molecule has 4 rings (SSSR count). The molecule has 5 nitrogen and oxygen atoms in total. The molecule has 1 N–H and O–H groups in total. The molecular formula is C25H16Cl3N3O2S. The minimum Gasteiger partial charge on any atom is -0.321 e. The highest BCUT2D eigenvalue weighted by Crippen LogP contribution is 2.43. The maximum Gasteiger partial charge on any atom is 0.269 e. The average molecular weight is 529 g/mol. The van der Waals surface area contributed by atoms with Gasteiger partial charge in [0.05, 0.1) is 15.3 Å². The maximum absolute atomic E-state index is 13.5. The van der Waals surface area contributed by atoms with Crippen LogP contribution in [-0.4, -0.2) is 17.1 Å². The molecule has 3 aromatic carbocycles. The maximum atomic E-state index is 13.5. The second-order valence-electron chi connectivity index (χ2n) is 7.29. The molecule has 0 aromatic heterocycles. The van der Waals surface area contributed by atoms with Gasteiger partial charge in [-0.1, -0.05) is 83.0 Å². The molecule has 34 heavy (non-hydrogen) atoms. The number of carbonyl (C=O) groups excluding carboxylic acids is 2. The van der Waals surface area contributed by atoms with Crippen LogP contribution in [0.1, 0.15) is 5.56 Å². The number of hydrogen-bond donors (Lipinski definition) is 1. The van der Waals surface area contributed by atoms with E-state index in [4.69, 9.17) is 34.8 Å². The third-order valence-electron chi connectivity index (χ3n) is 5.04. The average Bonchev–Trinajstić information content (AvgIpc) is 3.13. The number of hydrogen-bond acceptors (Lipinski definition) is 4. The first-order valence-corrected chi connectivity index (χ1v) is 12.1. The minimum absolute atomic E-state index is 0.179. The summed E-state index contributed by atoms with van der Waals surface area (Å²) in [6.07, 6.45) is 0.282.